The summed E-state index contributed by atoms with van der Waals surface area (Å²) in [5.74, 6) is -0.685. The summed E-state index contributed by atoms with van der Waals surface area (Å²) < 4.78 is 19.3. The summed E-state index contributed by atoms with van der Waals surface area (Å²) in [7, 11) is 0. The minimum absolute atomic E-state index is 0.316. The van der Waals surface area contributed by atoms with Crippen molar-refractivity contribution in [3.63, 3.8) is 0 Å². The van der Waals surface area contributed by atoms with Crippen LogP contribution in [0.3, 0.4) is 0 Å². The first-order valence-corrected chi connectivity index (χ1v) is 6.97. The highest BCUT2D eigenvalue weighted by molar-refractivity contribution is 5.81. The molecule has 4 nitrogen and oxygen atoms in total. The molecular weight excluding hydrogens is 271 g/mol. The summed E-state index contributed by atoms with van der Waals surface area (Å²) in [5.41, 5.74) is 6.68. The third-order valence-corrected chi connectivity index (χ3v) is 3.17. The second-order valence-electron chi connectivity index (χ2n) is 6.17. The normalized spacial score (nSPS) is 19.0. The molecule has 0 aliphatic carbocycles. The maximum absolute atomic E-state index is 14.0. The van der Waals surface area contributed by atoms with E-state index in [2.05, 4.69) is 5.32 Å². The zero-order valence-electron chi connectivity index (χ0n) is 12.6. The zero-order chi connectivity index (χ0) is 15.6. The van der Waals surface area contributed by atoms with Crippen LogP contribution in [0.5, 0.6) is 0 Å². The standard InChI is InChI=1S/C16H21FN2O2/c1-16(2,3)21-15(20)14-8-10(6-7-19-14)12-5-4-11(18)9-13(12)17/h4-6,9,14,19H,7-8,18H2,1-3H3. The van der Waals surface area contributed by atoms with E-state index >= 15 is 0 Å². The molecule has 1 aliphatic rings. The SMILES string of the molecule is CC(C)(C)OC(=O)C1CC(c2ccc(N)cc2F)=CCN1. The monoisotopic (exact) mass is 292 g/mol. The molecule has 1 aliphatic heterocycles. The predicted molar refractivity (Wildman–Crippen MR) is 81.0 cm³/mol. The van der Waals surface area contributed by atoms with Gasteiger partial charge < -0.3 is 15.8 Å². The Hall–Kier alpha value is -1.88. The number of nitrogens with two attached hydrogens (primary N) is 1. The molecular formula is C16H21FN2O2. The van der Waals surface area contributed by atoms with Gasteiger partial charge in [0.25, 0.3) is 0 Å². The van der Waals surface area contributed by atoms with Crippen molar-refractivity contribution >= 4 is 17.2 Å². The van der Waals surface area contributed by atoms with Crippen LogP contribution < -0.4 is 11.1 Å². The van der Waals surface area contributed by atoms with E-state index in [0.29, 0.717) is 24.2 Å². The van der Waals surface area contributed by atoms with Crippen LogP contribution in [-0.4, -0.2) is 24.2 Å². The van der Waals surface area contributed by atoms with Crippen LogP contribution >= 0.6 is 0 Å². The predicted octanol–water partition coefficient (Wildman–Crippen LogP) is 2.49. The molecule has 5 heteroatoms. The molecule has 0 saturated heterocycles. The van der Waals surface area contributed by atoms with E-state index in [4.69, 9.17) is 10.5 Å². The van der Waals surface area contributed by atoms with E-state index in [1.807, 2.05) is 26.8 Å². The number of esters is 1. The molecule has 1 atom stereocenters. The van der Waals surface area contributed by atoms with Crippen LogP contribution in [0.4, 0.5) is 10.1 Å². The highest BCUT2D eigenvalue weighted by Gasteiger charge is 2.28. The fourth-order valence-corrected chi connectivity index (χ4v) is 2.25. The number of ether oxygens (including phenoxy) is 1. The van der Waals surface area contributed by atoms with Crippen LogP contribution in [0.25, 0.3) is 5.57 Å². The number of nitrogen functional groups attached to an aromatic ring is 1. The number of carbonyl (C=O) groups excluding carboxylic acids is 1. The number of rotatable bonds is 2. The van der Waals surface area contributed by atoms with Crippen molar-refractivity contribution in [1.82, 2.24) is 5.32 Å². The minimum Gasteiger partial charge on any atom is -0.459 e. The molecule has 0 fully saturated rings. The average Bonchev–Trinajstić information content (AvgIpc) is 2.37. The molecule has 0 bridgehead atoms. The Kier molecular flexibility index (Phi) is 4.32. The van der Waals surface area contributed by atoms with Crippen LogP contribution in [-0.2, 0) is 9.53 Å². The fraction of sp³-hybridized carbons (Fsp3) is 0.438. The molecule has 0 aromatic heterocycles. The maximum Gasteiger partial charge on any atom is 0.324 e. The molecule has 1 aromatic carbocycles. The maximum atomic E-state index is 14.0. The van der Waals surface area contributed by atoms with E-state index in [0.717, 1.165) is 5.57 Å². The molecule has 0 saturated carbocycles. The first kappa shape index (κ1) is 15.5. The zero-order valence-corrected chi connectivity index (χ0v) is 12.6. The Balaban J connectivity index is 2.14. The van der Waals surface area contributed by atoms with Crippen LogP contribution in [0, 0.1) is 5.82 Å². The van der Waals surface area contributed by atoms with Crippen LogP contribution in [0.15, 0.2) is 24.3 Å². The molecule has 0 amide bonds. The van der Waals surface area contributed by atoms with Gasteiger partial charge in [-0.2, -0.15) is 0 Å². The Morgan fingerprint density at radius 2 is 2.14 bits per heavy atom. The van der Waals surface area contributed by atoms with Crippen LogP contribution in [0.2, 0.25) is 0 Å². The molecule has 0 radical (unpaired) electrons. The summed E-state index contributed by atoms with van der Waals surface area (Å²) in [5, 5.41) is 3.07. The van der Waals surface area contributed by atoms with E-state index in [1.54, 1.807) is 12.1 Å². The summed E-state index contributed by atoms with van der Waals surface area (Å²) >= 11 is 0. The van der Waals surface area contributed by atoms with Crippen molar-refractivity contribution in [2.75, 3.05) is 12.3 Å². The van der Waals surface area contributed by atoms with Gasteiger partial charge in [0, 0.05) is 17.8 Å². The van der Waals surface area contributed by atoms with Gasteiger partial charge in [-0.05, 0) is 51.0 Å². The Morgan fingerprint density at radius 3 is 2.76 bits per heavy atom. The van der Waals surface area contributed by atoms with Crippen molar-refractivity contribution in [3.8, 4) is 0 Å². The Morgan fingerprint density at radius 1 is 1.43 bits per heavy atom. The lowest BCUT2D eigenvalue weighted by atomic mass is 9.94. The average molecular weight is 292 g/mol. The molecule has 21 heavy (non-hydrogen) atoms. The van der Waals surface area contributed by atoms with Crippen molar-refractivity contribution in [3.05, 3.63) is 35.7 Å². The van der Waals surface area contributed by atoms with Gasteiger partial charge in [0.1, 0.15) is 17.5 Å². The van der Waals surface area contributed by atoms with Gasteiger partial charge in [-0.15, -0.1) is 0 Å². The molecule has 2 rings (SSSR count). The third kappa shape index (κ3) is 4.04. The molecule has 1 unspecified atom stereocenters. The quantitative estimate of drug-likeness (QED) is 0.649. The molecule has 1 aromatic rings. The van der Waals surface area contributed by atoms with Crippen molar-refractivity contribution in [2.24, 2.45) is 0 Å². The topological polar surface area (TPSA) is 64.3 Å². The van der Waals surface area contributed by atoms with E-state index in [-0.39, 0.29) is 11.8 Å². The lowest BCUT2D eigenvalue weighted by molar-refractivity contribution is -0.157. The first-order valence-electron chi connectivity index (χ1n) is 6.97. The number of nitrogens with one attached hydrogen (secondary N) is 1. The molecule has 3 N–H and O–H groups in total. The van der Waals surface area contributed by atoms with E-state index in [9.17, 15) is 9.18 Å². The largest absolute Gasteiger partial charge is 0.459 e. The number of hydrogen-bond donors (Lipinski definition) is 2. The smallest absolute Gasteiger partial charge is 0.324 e. The van der Waals surface area contributed by atoms with Gasteiger partial charge in [0.15, 0.2) is 0 Å². The number of benzene rings is 1. The molecule has 114 valence electrons. The molecule has 1 heterocycles. The highest BCUT2D eigenvalue weighted by atomic mass is 19.1. The third-order valence-electron chi connectivity index (χ3n) is 3.17. The van der Waals surface area contributed by atoms with Gasteiger partial charge >= 0.3 is 5.97 Å². The van der Waals surface area contributed by atoms with Gasteiger partial charge in [-0.1, -0.05) is 6.08 Å². The Labute approximate surface area is 124 Å². The molecule has 0 spiro atoms. The van der Waals surface area contributed by atoms with Gasteiger partial charge in [-0.25, -0.2) is 4.39 Å². The fourth-order valence-electron chi connectivity index (χ4n) is 2.25. The minimum atomic E-state index is -0.535. The summed E-state index contributed by atoms with van der Waals surface area (Å²) in [6, 6.07) is 4.14. The van der Waals surface area contributed by atoms with E-state index < -0.39 is 11.6 Å². The van der Waals surface area contributed by atoms with Crippen molar-refractivity contribution in [1.29, 1.82) is 0 Å². The lowest BCUT2D eigenvalue weighted by Gasteiger charge is -2.27. The van der Waals surface area contributed by atoms with E-state index in [1.165, 1.54) is 6.07 Å². The second-order valence-corrected chi connectivity index (χ2v) is 6.17. The highest BCUT2D eigenvalue weighted by Crippen LogP contribution is 2.27. The first-order chi connectivity index (χ1) is 9.76. The summed E-state index contributed by atoms with van der Waals surface area (Å²) in [4.78, 5) is 12.1. The summed E-state index contributed by atoms with van der Waals surface area (Å²) in [6.45, 7) is 5.97. The van der Waals surface area contributed by atoms with Crippen molar-refractivity contribution in [2.45, 2.75) is 38.8 Å². The van der Waals surface area contributed by atoms with Gasteiger partial charge in [-0.3, -0.25) is 4.79 Å². The van der Waals surface area contributed by atoms with Gasteiger partial charge in [0.2, 0.25) is 0 Å². The number of carbonyl (C=O) groups is 1. The summed E-state index contributed by atoms with van der Waals surface area (Å²) in [6.07, 6.45) is 2.28. The van der Waals surface area contributed by atoms with Gasteiger partial charge in [0.05, 0.1) is 0 Å². The Bertz CT molecular complexity index is 576. The number of halogens is 1. The second kappa shape index (κ2) is 5.85. The number of anilines is 1. The van der Waals surface area contributed by atoms with Crippen molar-refractivity contribution < 1.29 is 13.9 Å². The lowest BCUT2D eigenvalue weighted by Crippen LogP contribution is -2.43. The number of hydrogen-bond acceptors (Lipinski definition) is 4. The van der Waals surface area contributed by atoms with Crippen LogP contribution in [0.1, 0.15) is 32.8 Å².